The third-order valence-electron chi connectivity index (χ3n) is 6.58. The van der Waals surface area contributed by atoms with E-state index in [1.54, 1.807) is 48.5 Å². The van der Waals surface area contributed by atoms with Crippen molar-refractivity contribution in [3.8, 4) is 0 Å². The van der Waals surface area contributed by atoms with E-state index < -0.39 is 23.5 Å². The van der Waals surface area contributed by atoms with Crippen molar-refractivity contribution in [1.29, 1.82) is 0 Å². The number of furan rings is 1. The second-order valence-corrected chi connectivity index (χ2v) is 9.58. The molecule has 3 aromatic carbocycles. The molecule has 6 nitrogen and oxygen atoms in total. The number of carbonyl (C=O) groups excluding carboxylic acids is 2. The molecule has 1 unspecified atom stereocenters. The number of aliphatic hydroxyl groups is 1. The molecular weight excluding hydrogens is 511 g/mol. The van der Waals surface area contributed by atoms with Gasteiger partial charge in [0.05, 0.1) is 11.6 Å². The third kappa shape index (κ3) is 4.47. The van der Waals surface area contributed by atoms with E-state index in [-0.39, 0.29) is 11.3 Å². The maximum absolute atomic E-state index is 13.8. The summed E-state index contributed by atoms with van der Waals surface area (Å²) in [5.74, 6) is -1.89. The highest BCUT2D eigenvalue weighted by Crippen LogP contribution is 2.43. The fourth-order valence-electron chi connectivity index (χ4n) is 4.76. The molecule has 0 fully saturated rings. The van der Waals surface area contributed by atoms with E-state index in [0.29, 0.717) is 32.3 Å². The average Bonchev–Trinajstić information content (AvgIpc) is 3.43. The fourth-order valence-corrected chi connectivity index (χ4v) is 5.13. The van der Waals surface area contributed by atoms with Crippen molar-refractivity contribution in [2.75, 3.05) is 22.9 Å². The summed E-state index contributed by atoms with van der Waals surface area (Å²) < 4.78 is 5.79. The minimum atomic E-state index is -0.888. The number of fused-ring (bicyclic) bond motifs is 1. The van der Waals surface area contributed by atoms with Crippen molar-refractivity contribution in [1.82, 2.24) is 0 Å². The molecule has 1 N–H and O–H groups in total. The minimum absolute atomic E-state index is 0.00400. The number of anilines is 2. The van der Waals surface area contributed by atoms with E-state index >= 15 is 0 Å². The van der Waals surface area contributed by atoms with Crippen LogP contribution in [0.15, 0.2) is 88.5 Å². The molecule has 2 heterocycles. The highest BCUT2D eigenvalue weighted by molar-refractivity contribution is 6.31. The predicted octanol–water partition coefficient (Wildman–Crippen LogP) is 7.37. The van der Waals surface area contributed by atoms with Crippen LogP contribution in [0, 0.1) is 0 Å². The molecular formula is C29H24Cl2N2O4. The summed E-state index contributed by atoms with van der Waals surface area (Å²) in [6.45, 7) is 5.83. The normalized spacial score (nSPS) is 15.6. The fraction of sp³-hybridized carbons (Fsp3) is 0.172. The molecule has 0 saturated heterocycles. The molecule has 0 aliphatic carbocycles. The summed E-state index contributed by atoms with van der Waals surface area (Å²) in [4.78, 5) is 30.8. The van der Waals surface area contributed by atoms with Gasteiger partial charge in [-0.3, -0.25) is 14.5 Å². The standard InChI is InChI=1S/C29H24Cl2N2O4/c1-3-32(4-2)21-11-8-17(9-12-21)26-25(27(34)24-15-18-14-20(31)10-13-23(18)37-24)28(35)29(36)33(26)22-7-5-6-19(30)16-22/h5-16,26,35H,3-4H2,1-2H3. The summed E-state index contributed by atoms with van der Waals surface area (Å²) in [6, 6.07) is 20.1. The average molecular weight is 535 g/mol. The van der Waals surface area contributed by atoms with Gasteiger partial charge in [-0.05, 0) is 74.0 Å². The van der Waals surface area contributed by atoms with Gasteiger partial charge in [-0.25, -0.2) is 0 Å². The molecule has 1 aliphatic heterocycles. The lowest BCUT2D eigenvalue weighted by molar-refractivity contribution is -0.117. The Bertz CT molecular complexity index is 1540. The number of Topliss-reactive ketones (excluding diaryl/α,β-unsaturated/α-hetero) is 1. The number of hydrogen-bond acceptors (Lipinski definition) is 5. The van der Waals surface area contributed by atoms with E-state index in [0.717, 1.165) is 18.8 Å². The Hall–Kier alpha value is -3.74. The Labute approximate surface area is 224 Å². The molecule has 37 heavy (non-hydrogen) atoms. The molecule has 0 radical (unpaired) electrons. The Balaban J connectivity index is 1.63. The van der Waals surface area contributed by atoms with Crippen molar-refractivity contribution < 1.29 is 19.1 Å². The molecule has 1 atom stereocenters. The van der Waals surface area contributed by atoms with Crippen LogP contribution >= 0.6 is 23.2 Å². The first-order valence-electron chi connectivity index (χ1n) is 11.9. The van der Waals surface area contributed by atoms with Crippen molar-refractivity contribution >= 4 is 57.2 Å². The number of aliphatic hydroxyl groups excluding tert-OH is 1. The van der Waals surface area contributed by atoms with Crippen LogP contribution in [0.2, 0.25) is 10.0 Å². The molecule has 4 aromatic rings. The van der Waals surface area contributed by atoms with Crippen molar-refractivity contribution in [2.24, 2.45) is 0 Å². The highest BCUT2D eigenvalue weighted by Gasteiger charge is 2.45. The van der Waals surface area contributed by atoms with Crippen LogP contribution in [0.4, 0.5) is 11.4 Å². The Morgan fingerprint density at radius 3 is 2.35 bits per heavy atom. The number of nitrogens with zero attached hydrogens (tertiary/aromatic N) is 2. The summed E-state index contributed by atoms with van der Waals surface area (Å²) in [5, 5.41) is 12.6. The van der Waals surface area contributed by atoms with Crippen molar-refractivity contribution in [2.45, 2.75) is 19.9 Å². The van der Waals surface area contributed by atoms with Crippen LogP contribution < -0.4 is 9.80 Å². The van der Waals surface area contributed by atoms with Gasteiger partial charge in [0.25, 0.3) is 5.91 Å². The van der Waals surface area contributed by atoms with Crippen LogP contribution in [0.25, 0.3) is 11.0 Å². The summed E-state index contributed by atoms with van der Waals surface area (Å²) in [5.41, 5.74) is 2.55. The van der Waals surface area contributed by atoms with Crippen LogP contribution in [-0.2, 0) is 4.79 Å². The molecule has 0 bridgehead atoms. The minimum Gasteiger partial charge on any atom is -0.503 e. The number of carbonyl (C=O) groups is 2. The van der Waals surface area contributed by atoms with E-state index in [1.165, 1.54) is 4.90 Å². The van der Waals surface area contributed by atoms with Gasteiger partial charge in [-0.2, -0.15) is 0 Å². The van der Waals surface area contributed by atoms with Gasteiger partial charge in [0.1, 0.15) is 5.58 Å². The second kappa shape index (κ2) is 9.96. The number of rotatable bonds is 7. The summed E-state index contributed by atoms with van der Waals surface area (Å²) in [7, 11) is 0. The lowest BCUT2D eigenvalue weighted by Gasteiger charge is -2.28. The quantitative estimate of drug-likeness (QED) is 0.250. The second-order valence-electron chi connectivity index (χ2n) is 8.71. The Kier molecular flexibility index (Phi) is 6.71. The number of ketones is 1. The molecule has 8 heteroatoms. The monoisotopic (exact) mass is 534 g/mol. The van der Waals surface area contributed by atoms with Crippen LogP contribution in [0.1, 0.15) is 36.0 Å². The predicted molar refractivity (Wildman–Crippen MR) is 147 cm³/mol. The summed E-state index contributed by atoms with van der Waals surface area (Å²) >= 11 is 12.3. The van der Waals surface area contributed by atoms with E-state index in [2.05, 4.69) is 18.7 Å². The largest absolute Gasteiger partial charge is 0.503 e. The van der Waals surface area contributed by atoms with Gasteiger partial charge < -0.3 is 14.4 Å². The first kappa shape index (κ1) is 24.9. The smallest absolute Gasteiger partial charge is 0.294 e. The number of hydrogen-bond donors (Lipinski definition) is 1. The van der Waals surface area contributed by atoms with E-state index in [4.69, 9.17) is 27.6 Å². The Morgan fingerprint density at radius 2 is 1.68 bits per heavy atom. The van der Waals surface area contributed by atoms with Crippen LogP contribution in [0.3, 0.4) is 0 Å². The first-order valence-corrected chi connectivity index (χ1v) is 12.7. The van der Waals surface area contributed by atoms with Gasteiger partial charge in [-0.1, -0.05) is 41.4 Å². The zero-order chi connectivity index (χ0) is 26.3. The molecule has 188 valence electrons. The van der Waals surface area contributed by atoms with Crippen molar-refractivity contribution in [3.63, 3.8) is 0 Å². The van der Waals surface area contributed by atoms with Gasteiger partial charge in [0.2, 0.25) is 5.78 Å². The maximum Gasteiger partial charge on any atom is 0.294 e. The molecule has 1 aliphatic rings. The first-order chi connectivity index (χ1) is 17.8. The van der Waals surface area contributed by atoms with Crippen LogP contribution in [-0.4, -0.2) is 29.9 Å². The van der Waals surface area contributed by atoms with Gasteiger partial charge in [-0.15, -0.1) is 0 Å². The van der Waals surface area contributed by atoms with E-state index in [9.17, 15) is 14.7 Å². The number of benzene rings is 3. The molecule has 1 amide bonds. The third-order valence-corrected chi connectivity index (χ3v) is 7.05. The molecule has 1 aromatic heterocycles. The molecule has 5 rings (SSSR count). The van der Waals surface area contributed by atoms with Gasteiger partial charge in [0.15, 0.2) is 11.5 Å². The van der Waals surface area contributed by atoms with Crippen molar-refractivity contribution in [3.05, 3.63) is 105 Å². The molecule has 0 saturated carbocycles. The Morgan fingerprint density at radius 1 is 0.973 bits per heavy atom. The highest BCUT2D eigenvalue weighted by atomic mass is 35.5. The maximum atomic E-state index is 13.8. The lowest BCUT2D eigenvalue weighted by atomic mass is 9.94. The zero-order valence-electron chi connectivity index (χ0n) is 20.2. The topological polar surface area (TPSA) is 74.0 Å². The SMILES string of the molecule is CCN(CC)c1ccc(C2C(C(=O)c3cc4cc(Cl)ccc4o3)=C(O)C(=O)N2c2cccc(Cl)c2)cc1. The number of halogens is 2. The van der Waals surface area contributed by atoms with Gasteiger partial charge in [0, 0.05) is 39.9 Å². The molecule has 0 spiro atoms. The number of amides is 1. The summed E-state index contributed by atoms with van der Waals surface area (Å²) in [6.07, 6.45) is 0. The van der Waals surface area contributed by atoms with Gasteiger partial charge >= 0.3 is 0 Å². The van der Waals surface area contributed by atoms with E-state index in [1.807, 2.05) is 24.3 Å². The lowest BCUT2D eigenvalue weighted by Crippen LogP contribution is -2.31. The van der Waals surface area contributed by atoms with Crippen LogP contribution in [0.5, 0.6) is 0 Å². The zero-order valence-corrected chi connectivity index (χ0v) is 21.8.